The van der Waals surface area contributed by atoms with Crippen LogP contribution in [0.2, 0.25) is 0 Å². The van der Waals surface area contributed by atoms with Crippen LogP contribution in [0, 0.1) is 12.8 Å². The van der Waals surface area contributed by atoms with E-state index in [4.69, 9.17) is 10.5 Å². The van der Waals surface area contributed by atoms with Gasteiger partial charge in [0.25, 0.3) is 0 Å². The molecule has 0 aromatic heterocycles. The Labute approximate surface area is 282 Å². The van der Waals surface area contributed by atoms with Crippen molar-refractivity contribution in [2.75, 3.05) is 25.4 Å². The molecule has 0 radical (unpaired) electrons. The maximum Gasteiger partial charge on any atom is 0.243 e. The SMILES string of the molecule is Cc1ccc2cc1CNC(=O)[C@H](CCc1ccccc1)NC(=O)[C@@H](NC(=O)[C@@H](C)c1ccc(N)cc1)CC(=O)N1CCCC(CCO2)C1. The molecule has 5 rings (SSSR count). The van der Waals surface area contributed by atoms with E-state index >= 15 is 0 Å². The van der Waals surface area contributed by atoms with E-state index in [1.165, 1.54) is 0 Å². The molecule has 254 valence electrons. The van der Waals surface area contributed by atoms with Crippen LogP contribution in [0.1, 0.15) is 67.2 Å². The Hall–Kier alpha value is -4.86. The van der Waals surface area contributed by atoms with Gasteiger partial charge in [0.15, 0.2) is 0 Å². The molecular weight excluding hydrogens is 606 g/mol. The molecule has 1 fully saturated rings. The highest BCUT2D eigenvalue weighted by Crippen LogP contribution is 2.24. The van der Waals surface area contributed by atoms with Crippen LogP contribution < -0.4 is 26.4 Å². The molecule has 0 aliphatic carbocycles. The van der Waals surface area contributed by atoms with Crippen molar-refractivity contribution in [2.45, 2.75) is 76.9 Å². The van der Waals surface area contributed by atoms with Crippen molar-refractivity contribution in [3.8, 4) is 5.75 Å². The minimum atomic E-state index is -1.17. The van der Waals surface area contributed by atoms with E-state index in [9.17, 15) is 19.2 Å². The number of amides is 4. The van der Waals surface area contributed by atoms with Crippen molar-refractivity contribution in [1.29, 1.82) is 0 Å². The third-order valence-electron chi connectivity index (χ3n) is 9.48. The number of ether oxygens (including phenoxy) is 1. The second-order valence-corrected chi connectivity index (χ2v) is 13.0. The average Bonchev–Trinajstić information content (AvgIpc) is 3.09. The van der Waals surface area contributed by atoms with Crippen molar-refractivity contribution < 1.29 is 23.9 Å². The lowest BCUT2D eigenvalue weighted by atomic mass is 9.94. The van der Waals surface area contributed by atoms with E-state index in [2.05, 4.69) is 16.0 Å². The Morgan fingerprint density at radius 2 is 1.79 bits per heavy atom. The largest absolute Gasteiger partial charge is 0.494 e. The smallest absolute Gasteiger partial charge is 0.243 e. The Morgan fingerprint density at radius 1 is 1.02 bits per heavy atom. The Balaban J connectivity index is 1.41. The highest BCUT2D eigenvalue weighted by atomic mass is 16.5. The predicted octanol–water partition coefficient (Wildman–Crippen LogP) is 4.01. The average molecular weight is 654 g/mol. The molecule has 3 aromatic rings. The maximum absolute atomic E-state index is 14.0. The van der Waals surface area contributed by atoms with E-state index < -0.39 is 29.8 Å². The fourth-order valence-electron chi connectivity index (χ4n) is 6.35. The van der Waals surface area contributed by atoms with E-state index in [-0.39, 0.29) is 30.7 Å². The number of carbonyl (C=O) groups excluding carboxylic acids is 4. The zero-order chi connectivity index (χ0) is 34.0. The van der Waals surface area contributed by atoms with Gasteiger partial charge in [0, 0.05) is 25.3 Å². The molecule has 10 nitrogen and oxygen atoms in total. The zero-order valence-electron chi connectivity index (χ0n) is 27.9. The summed E-state index contributed by atoms with van der Waals surface area (Å²) in [5.74, 6) is -1.14. The molecule has 1 unspecified atom stereocenters. The second kappa shape index (κ2) is 16.3. The lowest BCUT2D eigenvalue weighted by Crippen LogP contribution is -2.55. The first-order valence-corrected chi connectivity index (χ1v) is 16.9. The van der Waals surface area contributed by atoms with Gasteiger partial charge in [0.1, 0.15) is 17.8 Å². The molecule has 4 amide bonds. The number of nitrogen functional groups attached to an aromatic ring is 1. The van der Waals surface area contributed by atoms with E-state index in [0.717, 1.165) is 47.3 Å². The predicted molar refractivity (Wildman–Crippen MR) is 185 cm³/mol. The van der Waals surface area contributed by atoms with Gasteiger partial charge in [-0.3, -0.25) is 19.2 Å². The number of carbonyl (C=O) groups is 4. The first kappa shape index (κ1) is 34.5. The topological polar surface area (TPSA) is 143 Å². The first-order valence-electron chi connectivity index (χ1n) is 16.9. The molecule has 2 aliphatic heterocycles. The summed E-state index contributed by atoms with van der Waals surface area (Å²) in [6, 6.07) is 20.5. The van der Waals surface area contributed by atoms with Crippen LogP contribution in [-0.4, -0.2) is 60.3 Å². The summed E-state index contributed by atoms with van der Waals surface area (Å²) in [6.07, 6.45) is 3.28. The monoisotopic (exact) mass is 653 g/mol. The summed E-state index contributed by atoms with van der Waals surface area (Å²) in [7, 11) is 0. The molecule has 2 aliphatic rings. The van der Waals surface area contributed by atoms with Crippen molar-refractivity contribution in [2.24, 2.45) is 5.92 Å². The molecule has 10 heteroatoms. The Kier molecular flexibility index (Phi) is 11.7. The third-order valence-corrected chi connectivity index (χ3v) is 9.48. The first-order chi connectivity index (χ1) is 23.2. The van der Waals surface area contributed by atoms with Crippen molar-refractivity contribution in [3.05, 3.63) is 95.1 Å². The Morgan fingerprint density at radius 3 is 2.56 bits per heavy atom. The quantitative estimate of drug-likeness (QED) is 0.296. The van der Waals surface area contributed by atoms with Gasteiger partial charge in [-0.05, 0) is 98.4 Å². The van der Waals surface area contributed by atoms with Crippen LogP contribution in [0.3, 0.4) is 0 Å². The zero-order valence-corrected chi connectivity index (χ0v) is 27.9. The van der Waals surface area contributed by atoms with Gasteiger partial charge in [0.2, 0.25) is 23.6 Å². The fraction of sp³-hybridized carbons (Fsp3) is 0.421. The molecular formula is C38H47N5O5. The summed E-state index contributed by atoms with van der Waals surface area (Å²) >= 11 is 0. The minimum absolute atomic E-state index is 0.212. The van der Waals surface area contributed by atoms with E-state index in [0.29, 0.717) is 38.2 Å². The second-order valence-electron chi connectivity index (χ2n) is 13.0. The van der Waals surface area contributed by atoms with Crippen molar-refractivity contribution in [3.63, 3.8) is 0 Å². The highest BCUT2D eigenvalue weighted by Gasteiger charge is 2.33. The standard InChI is InChI=1S/C38H47N5O5/c1-25-10-16-32-21-30(25)23-40-37(46)33(17-11-27-7-4-3-5-8-27)41-38(47)34(42-36(45)26(2)29-12-14-31(39)15-13-29)22-35(44)43-19-6-9-28(24-43)18-20-48-32/h3-5,7-8,10,12-16,21,26,28,33-34H,6,9,11,17-20,22-24,39H2,1-2H3,(H,40,46)(H,41,47)(H,42,45)/t26-,28?,33-,34-/m0/s1. The number of fused-ring (bicyclic) bond motifs is 4. The van der Waals surface area contributed by atoms with E-state index in [1.54, 1.807) is 36.1 Å². The van der Waals surface area contributed by atoms with Gasteiger partial charge in [-0.15, -0.1) is 0 Å². The van der Waals surface area contributed by atoms with Crippen LogP contribution in [0.5, 0.6) is 5.75 Å². The van der Waals surface area contributed by atoms with Crippen LogP contribution >= 0.6 is 0 Å². The molecule has 2 heterocycles. The van der Waals surface area contributed by atoms with Crippen LogP contribution in [-0.2, 0) is 32.1 Å². The van der Waals surface area contributed by atoms with E-state index in [1.807, 2.05) is 55.5 Å². The minimum Gasteiger partial charge on any atom is -0.494 e. The molecule has 4 atom stereocenters. The molecule has 1 saturated heterocycles. The summed E-state index contributed by atoms with van der Waals surface area (Å²) in [6.45, 7) is 5.64. The number of nitrogens with two attached hydrogens (primary N) is 1. The number of hydrogen-bond donors (Lipinski definition) is 4. The maximum atomic E-state index is 14.0. The number of nitrogens with one attached hydrogen (secondary N) is 3. The molecule has 4 bridgehead atoms. The lowest BCUT2D eigenvalue weighted by molar-refractivity contribution is -0.138. The molecule has 5 N–H and O–H groups in total. The third kappa shape index (κ3) is 9.36. The normalized spacial score (nSPS) is 21.5. The number of benzene rings is 3. The van der Waals surface area contributed by atoms with Crippen LogP contribution in [0.25, 0.3) is 0 Å². The molecule has 0 spiro atoms. The van der Waals surface area contributed by atoms with Gasteiger partial charge < -0.3 is 31.3 Å². The summed E-state index contributed by atoms with van der Waals surface area (Å²) in [5, 5.41) is 8.75. The van der Waals surface area contributed by atoms with Crippen LogP contribution in [0.4, 0.5) is 5.69 Å². The Bertz CT molecular complexity index is 1580. The number of hydrogen-bond acceptors (Lipinski definition) is 6. The van der Waals surface area contributed by atoms with Crippen molar-refractivity contribution in [1.82, 2.24) is 20.9 Å². The molecule has 3 aromatic carbocycles. The lowest BCUT2D eigenvalue weighted by Gasteiger charge is -2.34. The number of anilines is 1. The number of piperidine rings is 1. The van der Waals surface area contributed by atoms with Gasteiger partial charge in [-0.25, -0.2) is 0 Å². The summed E-state index contributed by atoms with van der Waals surface area (Å²) in [4.78, 5) is 56.7. The number of nitrogens with zero attached hydrogens (tertiary/aromatic N) is 1. The highest BCUT2D eigenvalue weighted by molar-refractivity contribution is 5.96. The number of rotatable bonds is 6. The van der Waals surface area contributed by atoms with Crippen LogP contribution in [0.15, 0.2) is 72.8 Å². The molecule has 0 saturated carbocycles. The van der Waals surface area contributed by atoms with Gasteiger partial charge in [-0.2, -0.15) is 0 Å². The van der Waals surface area contributed by atoms with Crippen molar-refractivity contribution >= 4 is 29.3 Å². The van der Waals surface area contributed by atoms with Gasteiger partial charge >= 0.3 is 0 Å². The van der Waals surface area contributed by atoms with Gasteiger partial charge in [-0.1, -0.05) is 48.5 Å². The summed E-state index contributed by atoms with van der Waals surface area (Å²) in [5.41, 5.74) is 10.1. The summed E-state index contributed by atoms with van der Waals surface area (Å²) < 4.78 is 6.11. The van der Waals surface area contributed by atoms with Gasteiger partial charge in [0.05, 0.1) is 18.9 Å². The fourth-order valence-corrected chi connectivity index (χ4v) is 6.35. The molecule has 48 heavy (non-hydrogen) atoms. The number of aryl methyl sites for hydroxylation is 2.